The van der Waals surface area contributed by atoms with Crippen molar-refractivity contribution in [3.05, 3.63) is 65.7 Å². The van der Waals surface area contributed by atoms with Crippen molar-refractivity contribution in [2.24, 2.45) is 0 Å². The Bertz CT molecular complexity index is 719. The fraction of sp³-hybridized carbons (Fsp3) is 0.300. The van der Waals surface area contributed by atoms with E-state index < -0.39 is 6.04 Å². The van der Waals surface area contributed by atoms with E-state index in [1.165, 1.54) is 11.8 Å². The highest BCUT2D eigenvalue weighted by atomic mass is 32.2. The first kappa shape index (κ1) is 19.1. The number of hydrogen-bond donors (Lipinski definition) is 1. The molecule has 5 heteroatoms. The summed E-state index contributed by atoms with van der Waals surface area (Å²) in [7, 11) is 1.59. The van der Waals surface area contributed by atoms with Gasteiger partial charge in [-0.1, -0.05) is 48.0 Å². The molecule has 2 aromatic carbocycles. The third-order valence-corrected chi connectivity index (χ3v) is 4.95. The van der Waals surface area contributed by atoms with Crippen molar-refractivity contribution in [3.63, 3.8) is 0 Å². The topological polar surface area (TPSA) is 49.4 Å². The molecule has 25 heavy (non-hydrogen) atoms. The number of hydrogen-bond acceptors (Lipinski definition) is 3. The molecule has 0 radical (unpaired) electrons. The molecular formula is C20H24N2O2S. The molecule has 132 valence electrons. The quantitative estimate of drug-likeness (QED) is 0.775. The summed E-state index contributed by atoms with van der Waals surface area (Å²) in [5, 5.41) is 2.63. The molecule has 0 fully saturated rings. The van der Waals surface area contributed by atoms with Gasteiger partial charge in [0.2, 0.25) is 11.8 Å². The Morgan fingerprint density at radius 1 is 1.12 bits per heavy atom. The van der Waals surface area contributed by atoms with Gasteiger partial charge in [0, 0.05) is 18.5 Å². The predicted octanol–water partition coefficient (Wildman–Crippen LogP) is 3.25. The Hall–Kier alpha value is -2.27. The molecule has 2 aromatic rings. The third kappa shape index (κ3) is 5.64. The van der Waals surface area contributed by atoms with Gasteiger partial charge in [-0.3, -0.25) is 9.59 Å². The maximum absolute atomic E-state index is 12.8. The van der Waals surface area contributed by atoms with E-state index in [4.69, 9.17) is 0 Å². The Balaban J connectivity index is 2.12. The van der Waals surface area contributed by atoms with Gasteiger partial charge in [0.1, 0.15) is 6.04 Å². The number of amides is 2. The highest BCUT2D eigenvalue weighted by Crippen LogP contribution is 2.19. The lowest BCUT2D eigenvalue weighted by atomic mass is 10.1. The van der Waals surface area contributed by atoms with E-state index in [0.717, 1.165) is 16.0 Å². The highest BCUT2D eigenvalue weighted by molar-refractivity contribution is 8.00. The standard InChI is InChI=1S/C20H24N2O2S/c1-15-8-7-9-17(12-15)13-22(16(2)20(24)21-3)19(23)14-25-18-10-5-4-6-11-18/h4-12,16H,13-14H2,1-3H3,(H,21,24)/t16-/m0/s1. The molecule has 2 amide bonds. The summed E-state index contributed by atoms with van der Waals surface area (Å²) in [4.78, 5) is 27.6. The molecule has 0 aliphatic heterocycles. The van der Waals surface area contributed by atoms with Crippen LogP contribution in [0.1, 0.15) is 18.1 Å². The summed E-state index contributed by atoms with van der Waals surface area (Å²) in [5.74, 6) is 0.0918. The van der Waals surface area contributed by atoms with Gasteiger partial charge in [-0.05, 0) is 31.5 Å². The van der Waals surface area contributed by atoms with Crippen molar-refractivity contribution in [3.8, 4) is 0 Å². The summed E-state index contributed by atoms with van der Waals surface area (Å²) in [6.45, 7) is 4.20. The van der Waals surface area contributed by atoms with Crippen molar-refractivity contribution < 1.29 is 9.59 Å². The van der Waals surface area contributed by atoms with Crippen LogP contribution in [0.15, 0.2) is 59.5 Å². The van der Waals surface area contributed by atoms with Crippen LogP contribution in [-0.4, -0.2) is 35.6 Å². The smallest absolute Gasteiger partial charge is 0.242 e. The molecule has 0 unspecified atom stereocenters. The minimum absolute atomic E-state index is 0.0496. The number of aryl methyl sites for hydroxylation is 1. The molecule has 0 aliphatic carbocycles. The number of thioether (sulfide) groups is 1. The minimum Gasteiger partial charge on any atom is -0.357 e. The molecule has 0 spiro atoms. The molecule has 0 aromatic heterocycles. The fourth-order valence-electron chi connectivity index (χ4n) is 2.54. The Morgan fingerprint density at radius 3 is 2.48 bits per heavy atom. The van der Waals surface area contributed by atoms with Crippen molar-refractivity contribution in [1.29, 1.82) is 0 Å². The van der Waals surface area contributed by atoms with E-state index in [2.05, 4.69) is 5.32 Å². The van der Waals surface area contributed by atoms with E-state index >= 15 is 0 Å². The SMILES string of the molecule is CNC(=O)[C@H](C)N(Cc1cccc(C)c1)C(=O)CSc1ccccc1. The van der Waals surface area contributed by atoms with E-state index in [9.17, 15) is 9.59 Å². The summed E-state index contributed by atoms with van der Waals surface area (Å²) in [6.07, 6.45) is 0. The zero-order chi connectivity index (χ0) is 18.2. The fourth-order valence-corrected chi connectivity index (χ4v) is 3.35. The first-order chi connectivity index (χ1) is 12.0. The molecule has 4 nitrogen and oxygen atoms in total. The Morgan fingerprint density at radius 2 is 1.84 bits per heavy atom. The predicted molar refractivity (Wildman–Crippen MR) is 102 cm³/mol. The van der Waals surface area contributed by atoms with Gasteiger partial charge >= 0.3 is 0 Å². The second-order valence-electron chi connectivity index (χ2n) is 5.90. The van der Waals surface area contributed by atoms with Gasteiger partial charge in [-0.15, -0.1) is 11.8 Å². The van der Waals surface area contributed by atoms with E-state index in [1.807, 2.05) is 61.5 Å². The summed E-state index contributed by atoms with van der Waals surface area (Å²) < 4.78 is 0. The first-order valence-electron chi connectivity index (χ1n) is 8.25. The number of carbonyl (C=O) groups excluding carboxylic acids is 2. The maximum atomic E-state index is 12.8. The molecule has 0 aliphatic rings. The van der Waals surface area contributed by atoms with Crippen LogP contribution in [0, 0.1) is 6.92 Å². The number of nitrogens with one attached hydrogen (secondary N) is 1. The molecule has 0 saturated heterocycles. The lowest BCUT2D eigenvalue weighted by molar-refractivity contribution is -0.138. The summed E-state index contributed by atoms with van der Waals surface area (Å²) in [5.41, 5.74) is 2.16. The van der Waals surface area contributed by atoms with Gasteiger partial charge in [0.15, 0.2) is 0 Å². The van der Waals surface area contributed by atoms with Crippen LogP contribution in [-0.2, 0) is 16.1 Å². The zero-order valence-corrected chi connectivity index (χ0v) is 15.7. The van der Waals surface area contributed by atoms with Crippen LogP contribution in [0.2, 0.25) is 0 Å². The van der Waals surface area contributed by atoms with Gasteiger partial charge in [-0.2, -0.15) is 0 Å². The van der Waals surface area contributed by atoms with Crippen LogP contribution >= 0.6 is 11.8 Å². The van der Waals surface area contributed by atoms with Crippen LogP contribution in [0.4, 0.5) is 0 Å². The third-order valence-electron chi connectivity index (χ3n) is 3.95. The molecule has 2 rings (SSSR count). The maximum Gasteiger partial charge on any atom is 0.242 e. The Kier molecular flexibility index (Phi) is 7.07. The lowest BCUT2D eigenvalue weighted by Crippen LogP contribution is -2.47. The lowest BCUT2D eigenvalue weighted by Gasteiger charge is -2.28. The number of nitrogens with zero attached hydrogens (tertiary/aromatic N) is 1. The zero-order valence-electron chi connectivity index (χ0n) is 14.9. The summed E-state index contributed by atoms with van der Waals surface area (Å²) in [6, 6.07) is 17.3. The minimum atomic E-state index is -0.519. The van der Waals surface area contributed by atoms with Crippen molar-refractivity contribution in [1.82, 2.24) is 10.2 Å². The van der Waals surface area contributed by atoms with E-state index in [-0.39, 0.29) is 11.8 Å². The number of rotatable bonds is 7. The van der Waals surface area contributed by atoms with Gasteiger partial charge in [0.25, 0.3) is 0 Å². The van der Waals surface area contributed by atoms with Crippen LogP contribution in [0.3, 0.4) is 0 Å². The summed E-state index contributed by atoms with van der Waals surface area (Å²) >= 11 is 1.48. The van der Waals surface area contributed by atoms with E-state index in [0.29, 0.717) is 12.3 Å². The van der Waals surface area contributed by atoms with Crippen LogP contribution in [0.25, 0.3) is 0 Å². The molecule has 0 heterocycles. The number of likely N-dealkylation sites (N-methyl/N-ethyl adjacent to an activating group) is 1. The molecule has 1 N–H and O–H groups in total. The second kappa shape index (κ2) is 9.28. The van der Waals surface area contributed by atoms with Crippen molar-refractivity contribution in [2.75, 3.05) is 12.8 Å². The number of carbonyl (C=O) groups is 2. The largest absolute Gasteiger partial charge is 0.357 e. The van der Waals surface area contributed by atoms with Crippen molar-refractivity contribution >= 4 is 23.6 Å². The van der Waals surface area contributed by atoms with Gasteiger partial charge in [-0.25, -0.2) is 0 Å². The molecule has 0 saturated carbocycles. The normalized spacial score (nSPS) is 11.6. The average Bonchev–Trinajstić information content (AvgIpc) is 2.64. The number of benzene rings is 2. The first-order valence-corrected chi connectivity index (χ1v) is 9.24. The van der Waals surface area contributed by atoms with Crippen molar-refractivity contribution in [2.45, 2.75) is 31.3 Å². The van der Waals surface area contributed by atoms with Crippen LogP contribution < -0.4 is 5.32 Å². The molecule has 1 atom stereocenters. The van der Waals surface area contributed by atoms with Gasteiger partial charge in [0.05, 0.1) is 5.75 Å². The second-order valence-corrected chi connectivity index (χ2v) is 6.95. The molecule has 0 bridgehead atoms. The van der Waals surface area contributed by atoms with E-state index in [1.54, 1.807) is 18.9 Å². The highest BCUT2D eigenvalue weighted by Gasteiger charge is 2.25. The molecular weight excluding hydrogens is 332 g/mol. The monoisotopic (exact) mass is 356 g/mol. The van der Waals surface area contributed by atoms with Gasteiger partial charge < -0.3 is 10.2 Å². The Labute approximate surface area is 153 Å². The van der Waals surface area contributed by atoms with Crippen LogP contribution in [0.5, 0.6) is 0 Å². The average molecular weight is 356 g/mol.